The van der Waals surface area contributed by atoms with Gasteiger partial charge >= 0.3 is 0 Å². The number of pyridine rings is 1. The maximum Gasteiger partial charge on any atom is 0.202 e. The van der Waals surface area contributed by atoms with E-state index in [4.69, 9.17) is 17.3 Å². The minimum atomic E-state index is -0.0889. The van der Waals surface area contributed by atoms with Gasteiger partial charge in [0.25, 0.3) is 0 Å². The van der Waals surface area contributed by atoms with E-state index in [1.807, 2.05) is 4.57 Å². The highest BCUT2D eigenvalue weighted by Crippen LogP contribution is 2.29. The maximum absolute atomic E-state index is 5.99. The monoisotopic (exact) mass is 252 g/mol. The van der Waals surface area contributed by atoms with Gasteiger partial charge in [-0.15, -0.1) is 0 Å². The minimum Gasteiger partial charge on any atom is -0.369 e. The Morgan fingerprint density at radius 2 is 2.18 bits per heavy atom. The third-order valence-corrected chi connectivity index (χ3v) is 3.16. The fourth-order valence-corrected chi connectivity index (χ4v) is 2.43. The van der Waals surface area contributed by atoms with E-state index in [1.165, 1.54) is 0 Å². The largest absolute Gasteiger partial charge is 0.369 e. The Kier molecular flexibility index (Phi) is 3.00. The topological polar surface area (TPSA) is 56.7 Å². The smallest absolute Gasteiger partial charge is 0.202 e. The van der Waals surface area contributed by atoms with Gasteiger partial charge in [-0.25, -0.2) is 9.97 Å². The van der Waals surface area contributed by atoms with E-state index < -0.39 is 0 Å². The van der Waals surface area contributed by atoms with E-state index in [-0.39, 0.29) is 5.54 Å². The Morgan fingerprint density at radius 3 is 2.82 bits per heavy atom. The van der Waals surface area contributed by atoms with Gasteiger partial charge in [0.1, 0.15) is 5.52 Å². The first-order valence-corrected chi connectivity index (χ1v) is 6.13. The Bertz CT molecular complexity index is 545. The van der Waals surface area contributed by atoms with Crippen molar-refractivity contribution < 1.29 is 0 Å². The van der Waals surface area contributed by atoms with Gasteiger partial charge in [-0.2, -0.15) is 0 Å². The first kappa shape index (κ1) is 12.2. The number of aromatic nitrogens is 3. The van der Waals surface area contributed by atoms with Gasteiger partial charge in [0.05, 0.1) is 5.02 Å². The number of nitrogen functional groups attached to an aromatic ring is 1. The normalized spacial score (nSPS) is 12.2. The van der Waals surface area contributed by atoms with E-state index >= 15 is 0 Å². The second-order valence-corrected chi connectivity index (χ2v) is 5.30. The average Bonchev–Trinajstić information content (AvgIpc) is 2.53. The lowest BCUT2D eigenvalue weighted by Gasteiger charge is -2.27. The van der Waals surface area contributed by atoms with Gasteiger partial charge in [-0.3, -0.25) is 4.57 Å². The van der Waals surface area contributed by atoms with Crippen LogP contribution in [0.2, 0.25) is 5.02 Å². The van der Waals surface area contributed by atoms with E-state index in [9.17, 15) is 0 Å². The quantitative estimate of drug-likeness (QED) is 0.913. The summed E-state index contributed by atoms with van der Waals surface area (Å²) in [6, 6.07) is 1.79. The molecule has 0 saturated carbocycles. The van der Waals surface area contributed by atoms with Gasteiger partial charge in [-0.05, 0) is 26.3 Å². The second kappa shape index (κ2) is 4.18. The van der Waals surface area contributed by atoms with E-state index in [0.717, 1.165) is 24.0 Å². The number of hydrogen-bond donors (Lipinski definition) is 1. The summed E-state index contributed by atoms with van der Waals surface area (Å²) in [5, 5.41) is 0.579. The first-order chi connectivity index (χ1) is 7.95. The molecule has 0 unspecified atom stereocenters. The molecule has 2 N–H and O–H groups in total. The number of nitrogens with two attached hydrogens (primary N) is 1. The predicted molar refractivity (Wildman–Crippen MR) is 71.2 cm³/mol. The summed E-state index contributed by atoms with van der Waals surface area (Å²) < 4.78 is 1.99. The molecular weight excluding hydrogens is 236 g/mol. The molecule has 0 aliphatic heterocycles. The average molecular weight is 253 g/mol. The van der Waals surface area contributed by atoms with Crippen LogP contribution in [-0.4, -0.2) is 14.5 Å². The molecule has 0 amide bonds. The van der Waals surface area contributed by atoms with Gasteiger partial charge in [-0.1, -0.05) is 24.9 Å². The molecular formula is C12H17ClN4. The highest BCUT2D eigenvalue weighted by molar-refractivity contribution is 6.31. The summed E-state index contributed by atoms with van der Waals surface area (Å²) in [6.07, 6.45) is 3.73. The third-order valence-electron chi connectivity index (χ3n) is 2.96. The number of hydrogen-bond acceptors (Lipinski definition) is 3. The Hall–Kier alpha value is -1.29. The molecule has 0 fully saturated rings. The van der Waals surface area contributed by atoms with Crippen molar-refractivity contribution in [2.45, 2.75) is 39.2 Å². The zero-order valence-corrected chi connectivity index (χ0v) is 11.1. The fraction of sp³-hybridized carbons (Fsp3) is 0.500. The van der Waals surface area contributed by atoms with Crippen LogP contribution < -0.4 is 5.73 Å². The molecule has 2 aromatic heterocycles. The Balaban J connectivity index is 2.64. The van der Waals surface area contributed by atoms with Gasteiger partial charge < -0.3 is 5.73 Å². The molecule has 0 aromatic carbocycles. The van der Waals surface area contributed by atoms with E-state index in [0.29, 0.717) is 11.0 Å². The molecule has 17 heavy (non-hydrogen) atoms. The van der Waals surface area contributed by atoms with Crippen molar-refractivity contribution in [1.29, 1.82) is 0 Å². The zero-order chi connectivity index (χ0) is 12.6. The third kappa shape index (κ3) is 2.09. The van der Waals surface area contributed by atoms with Crippen molar-refractivity contribution in [3.63, 3.8) is 0 Å². The van der Waals surface area contributed by atoms with Crippen molar-refractivity contribution in [3.8, 4) is 0 Å². The van der Waals surface area contributed by atoms with Crippen LogP contribution in [0.4, 0.5) is 5.95 Å². The Morgan fingerprint density at radius 1 is 1.47 bits per heavy atom. The minimum absolute atomic E-state index is 0.0889. The number of rotatable bonds is 3. The van der Waals surface area contributed by atoms with Crippen LogP contribution in [0.25, 0.3) is 11.2 Å². The molecule has 0 bridgehead atoms. The van der Waals surface area contributed by atoms with Crippen LogP contribution in [-0.2, 0) is 5.54 Å². The number of nitrogens with zero attached hydrogens (tertiary/aromatic N) is 3. The molecule has 5 heteroatoms. The standard InChI is InChI=1S/C12H17ClN4/c1-4-5-12(2,3)17-10-9(16-11(17)14)6-8(13)7-15-10/h6-7H,4-5H2,1-3H3,(H2,14,16). The van der Waals surface area contributed by atoms with Crippen molar-refractivity contribution in [2.24, 2.45) is 0 Å². The van der Waals surface area contributed by atoms with Gasteiger partial charge in [0.15, 0.2) is 5.65 Å². The van der Waals surface area contributed by atoms with Crippen LogP contribution in [0.15, 0.2) is 12.3 Å². The molecule has 92 valence electrons. The first-order valence-electron chi connectivity index (χ1n) is 5.75. The molecule has 0 saturated heterocycles. The van der Waals surface area contributed by atoms with Crippen LogP contribution in [0.1, 0.15) is 33.6 Å². The van der Waals surface area contributed by atoms with Crippen molar-refractivity contribution in [2.75, 3.05) is 5.73 Å². The molecule has 4 nitrogen and oxygen atoms in total. The van der Waals surface area contributed by atoms with Crippen LogP contribution in [0.3, 0.4) is 0 Å². The zero-order valence-electron chi connectivity index (χ0n) is 10.4. The predicted octanol–water partition coefficient (Wildman–Crippen LogP) is 3.20. The van der Waals surface area contributed by atoms with Crippen molar-refractivity contribution >= 4 is 28.7 Å². The number of imidazole rings is 1. The number of anilines is 1. The van der Waals surface area contributed by atoms with Gasteiger partial charge in [0.2, 0.25) is 5.95 Å². The lowest BCUT2D eigenvalue weighted by Crippen LogP contribution is -2.27. The highest BCUT2D eigenvalue weighted by atomic mass is 35.5. The van der Waals surface area contributed by atoms with Crippen LogP contribution >= 0.6 is 11.6 Å². The van der Waals surface area contributed by atoms with Gasteiger partial charge in [0, 0.05) is 11.7 Å². The van der Waals surface area contributed by atoms with E-state index in [1.54, 1.807) is 12.3 Å². The summed E-state index contributed by atoms with van der Waals surface area (Å²) in [4.78, 5) is 8.65. The number of fused-ring (bicyclic) bond motifs is 1. The molecule has 2 rings (SSSR count). The van der Waals surface area contributed by atoms with Crippen molar-refractivity contribution in [3.05, 3.63) is 17.3 Å². The molecule has 0 radical (unpaired) electrons. The maximum atomic E-state index is 5.99. The molecule has 0 aliphatic carbocycles. The molecule has 2 heterocycles. The Labute approximate surface area is 106 Å². The highest BCUT2D eigenvalue weighted by Gasteiger charge is 2.25. The summed E-state index contributed by atoms with van der Waals surface area (Å²) in [7, 11) is 0. The summed E-state index contributed by atoms with van der Waals surface area (Å²) in [5.41, 5.74) is 7.45. The summed E-state index contributed by atoms with van der Waals surface area (Å²) >= 11 is 5.90. The summed E-state index contributed by atoms with van der Waals surface area (Å²) in [6.45, 7) is 6.44. The molecule has 0 atom stereocenters. The van der Waals surface area contributed by atoms with Crippen LogP contribution in [0, 0.1) is 0 Å². The van der Waals surface area contributed by atoms with Crippen molar-refractivity contribution in [1.82, 2.24) is 14.5 Å². The van der Waals surface area contributed by atoms with E-state index in [2.05, 4.69) is 30.7 Å². The molecule has 0 spiro atoms. The lowest BCUT2D eigenvalue weighted by atomic mass is 9.98. The fourth-order valence-electron chi connectivity index (χ4n) is 2.28. The molecule has 0 aliphatic rings. The molecule has 2 aromatic rings. The second-order valence-electron chi connectivity index (χ2n) is 4.86. The SMILES string of the molecule is CCCC(C)(C)n1c(N)nc2cc(Cl)cnc21. The summed E-state index contributed by atoms with van der Waals surface area (Å²) in [5.74, 6) is 0.494. The van der Waals surface area contributed by atoms with Crippen LogP contribution in [0.5, 0.6) is 0 Å². The number of halogens is 1. The lowest BCUT2D eigenvalue weighted by molar-refractivity contribution is 0.336.